The van der Waals surface area contributed by atoms with Crippen molar-refractivity contribution in [2.24, 2.45) is 0 Å². The molecule has 2 aliphatic rings. The summed E-state index contributed by atoms with van der Waals surface area (Å²) in [6, 6.07) is 13.1. The molecule has 8 heteroatoms. The van der Waals surface area contributed by atoms with Crippen molar-refractivity contribution in [3.05, 3.63) is 88.5 Å². The zero-order valence-corrected chi connectivity index (χ0v) is 17.8. The number of carbonyl (C=O) groups excluding carboxylic acids is 3. The Morgan fingerprint density at radius 1 is 1.18 bits per heavy atom. The van der Waals surface area contributed by atoms with Crippen molar-refractivity contribution in [3.8, 4) is 5.75 Å². The number of pyridine rings is 1. The van der Waals surface area contributed by atoms with Gasteiger partial charge in [0.15, 0.2) is 0 Å². The lowest BCUT2D eigenvalue weighted by molar-refractivity contribution is -0.134. The van der Waals surface area contributed by atoms with Crippen LogP contribution < -0.4 is 15.4 Å². The van der Waals surface area contributed by atoms with E-state index >= 15 is 0 Å². The Morgan fingerprint density at radius 2 is 2.03 bits per heavy atom. The van der Waals surface area contributed by atoms with E-state index in [9.17, 15) is 18.8 Å². The van der Waals surface area contributed by atoms with E-state index in [1.165, 1.54) is 6.07 Å². The van der Waals surface area contributed by atoms with Crippen LogP contribution in [0.1, 0.15) is 39.2 Å². The fourth-order valence-corrected chi connectivity index (χ4v) is 4.31. The summed E-state index contributed by atoms with van der Waals surface area (Å²) >= 11 is 0. The van der Waals surface area contributed by atoms with E-state index in [0.717, 1.165) is 0 Å². The number of halogens is 1. The van der Waals surface area contributed by atoms with Crippen LogP contribution in [0.25, 0.3) is 0 Å². The van der Waals surface area contributed by atoms with Crippen LogP contribution in [0, 0.1) is 12.7 Å². The number of rotatable bonds is 3. The zero-order chi connectivity index (χ0) is 23.2. The summed E-state index contributed by atoms with van der Waals surface area (Å²) in [6.07, 6.45) is 1.88. The lowest BCUT2D eigenvalue weighted by Crippen LogP contribution is -2.50. The molecule has 0 spiro atoms. The molecular formula is C25H20FN3O4. The highest BCUT2D eigenvalue weighted by Crippen LogP contribution is 2.41. The second kappa shape index (κ2) is 7.81. The first kappa shape index (κ1) is 20.8. The van der Waals surface area contributed by atoms with Gasteiger partial charge in [0.05, 0.1) is 6.61 Å². The normalized spacial score (nSPS) is 19.1. The van der Waals surface area contributed by atoms with Crippen LogP contribution in [0.5, 0.6) is 5.75 Å². The average molecular weight is 445 g/mol. The number of anilines is 1. The monoisotopic (exact) mass is 445 g/mol. The molecule has 2 aliphatic heterocycles. The van der Waals surface area contributed by atoms with Gasteiger partial charge < -0.3 is 15.4 Å². The molecule has 5 rings (SSSR count). The molecule has 2 amide bonds. The lowest BCUT2D eigenvalue weighted by Gasteiger charge is -2.39. The zero-order valence-electron chi connectivity index (χ0n) is 17.8. The first-order chi connectivity index (χ1) is 15.9. The standard InChI is InChI=1S/C25H20FN3O4/c1-14-4-6-17(13-18(14)26)25(8-10-33-21-3-2-9-27-22(21)25)29-23(31)15-5-7-19-16(11-15)12-20(30)24(32)28-19/h2-7,9,11,13H,8,10,12H2,1H3,(H,28,32)(H,29,31)/t25-/m0/s1. The van der Waals surface area contributed by atoms with Crippen LogP contribution in [0.4, 0.5) is 10.1 Å². The molecule has 2 aromatic carbocycles. The number of hydrogen-bond donors (Lipinski definition) is 2. The van der Waals surface area contributed by atoms with Gasteiger partial charge in [0.25, 0.3) is 11.8 Å². The van der Waals surface area contributed by atoms with E-state index in [-0.39, 0.29) is 12.2 Å². The van der Waals surface area contributed by atoms with Gasteiger partial charge in [-0.2, -0.15) is 0 Å². The quantitative estimate of drug-likeness (QED) is 0.604. The van der Waals surface area contributed by atoms with Crippen molar-refractivity contribution >= 4 is 23.3 Å². The van der Waals surface area contributed by atoms with E-state index in [4.69, 9.17) is 4.74 Å². The molecule has 2 N–H and O–H groups in total. The van der Waals surface area contributed by atoms with Gasteiger partial charge in [0.2, 0.25) is 5.78 Å². The Bertz CT molecular complexity index is 1320. The van der Waals surface area contributed by atoms with Gasteiger partial charge in [0, 0.05) is 30.3 Å². The maximum Gasteiger partial charge on any atom is 0.292 e. The molecule has 0 unspecified atom stereocenters. The molecule has 1 aromatic heterocycles. The first-order valence-electron chi connectivity index (χ1n) is 10.5. The molecule has 0 bridgehead atoms. The van der Waals surface area contributed by atoms with Crippen molar-refractivity contribution in [3.63, 3.8) is 0 Å². The summed E-state index contributed by atoms with van der Waals surface area (Å²) in [6.45, 7) is 1.98. The van der Waals surface area contributed by atoms with Crippen molar-refractivity contribution < 1.29 is 23.5 Å². The lowest BCUT2D eigenvalue weighted by atomic mass is 9.80. The largest absolute Gasteiger partial charge is 0.491 e. The molecule has 33 heavy (non-hydrogen) atoms. The third-order valence-electron chi connectivity index (χ3n) is 6.12. The van der Waals surface area contributed by atoms with E-state index in [0.29, 0.717) is 52.4 Å². The van der Waals surface area contributed by atoms with Gasteiger partial charge in [0.1, 0.15) is 22.8 Å². The Labute approximate surface area is 189 Å². The maximum absolute atomic E-state index is 14.6. The summed E-state index contributed by atoms with van der Waals surface area (Å²) in [4.78, 5) is 41.4. The van der Waals surface area contributed by atoms with Gasteiger partial charge in [-0.25, -0.2) is 4.39 Å². The molecule has 0 radical (unpaired) electrons. The Morgan fingerprint density at radius 3 is 2.85 bits per heavy atom. The topological polar surface area (TPSA) is 97.4 Å². The number of benzene rings is 2. The first-order valence-corrected chi connectivity index (χ1v) is 10.5. The van der Waals surface area contributed by atoms with Crippen LogP contribution in [0.2, 0.25) is 0 Å². The number of amides is 2. The maximum atomic E-state index is 14.6. The van der Waals surface area contributed by atoms with Crippen molar-refractivity contribution in [2.75, 3.05) is 11.9 Å². The van der Waals surface area contributed by atoms with Crippen LogP contribution in [-0.2, 0) is 21.5 Å². The van der Waals surface area contributed by atoms with Crippen LogP contribution in [0.3, 0.4) is 0 Å². The molecule has 1 atom stereocenters. The highest BCUT2D eigenvalue weighted by atomic mass is 19.1. The number of ketones is 1. The van der Waals surface area contributed by atoms with Gasteiger partial charge in [-0.15, -0.1) is 0 Å². The summed E-state index contributed by atoms with van der Waals surface area (Å²) in [5.41, 5.74) is 1.82. The Kier molecular flexibility index (Phi) is 4.92. The molecule has 0 aliphatic carbocycles. The number of ether oxygens (including phenoxy) is 1. The van der Waals surface area contributed by atoms with Crippen molar-refractivity contribution in [2.45, 2.75) is 25.3 Å². The number of fused-ring (bicyclic) bond motifs is 2. The summed E-state index contributed by atoms with van der Waals surface area (Å²) < 4.78 is 20.3. The molecule has 0 saturated heterocycles. The van der Waals surface area contributed by atoms with Crippen LogP contribution in [0.15, 0.2) is 54.7 Å². The van der Waals surface area contributed by atoms with Crippen molar-refractivity contribution in [1.82, 2.24) is 10.3 Å². The summed E-state index contributed by atoms with van der Waals surface area (Å²) in [7, 11) is 0. The van der Waals surface area contributed by atoms with E-state index in [1.807, 2.05) is 0 Å². The van der Waals surface area contributed by atoms with Crippen LogP contribution in [-0.4, -0.2) is 29.2 Å². The fraction of sp³-hybridized carbons (Fsp3) is 0.200. The molecule has 7 nitrogen and oxygen atoms in total. The Balaban J connectivity index is 1.58. The minimum atomic E-state index is -1.11. The average Bonchev–Trinajstić information content (AvgIpc) is 2.81. The van der Waals surface area contributed by atoms with Crippen LogP contribution >= 0.6 is 0 Å². The van der Waals surface area contributed by atoms with Crippen molar-refractivity contribution in [1.29, 1.82) is 0 Å². The molecule has 0 saturated carbocycles. The smallest absolute Gasteiger partial charge is 0.292 e. The van der Waals surface area contributed by atoms with E-state index in [1.54, 1.807) is 55.6 Å². The Hall–Kier alpha value is -4.07. The van der Waals surface area contributed by atoms with E-state index < -0.39 is 23.1 Å². The number of carbonyl (C=O) groups is 3. The molecule has 3 aromatic rings. The predicted octanol–water partition coefficient (Wildman–Crippen LogP) is 3.05. The highest BCUT2D eigenvalue weighted by Gasteiger charge is 2.43. The van der Waals surface area contributed by atoms with Gasteiger partial charge in [-0.3, -0.25) is 19.4 Å². The summed E-state index contributed by atoms with van der Waals surface area (Å²) in [5.74, 6) is -1.50. The SMILES string of the molecule is Cc1ccc([C@@]2(NC(=O)c3ccc4c(c3)CC(=O)C(=O)N4)CCOc3cccnc32)cc1F. The number of nitrogens with one attached hydrogen (secondary N) is 2. The second-order valence-corrected chi connectivity index (χ2v) is 8.20. The molecule has 3 heterocycles. The molecular weight excluding hydrogens is 425 g/mol. The molecule has 166 valence electrons. The number of aryl methyl sites for hydroxylation is 1. The van der Waals surface area contributed by atoms with Gasteiger partial charge in [-0.1, -0.05) is 12.1 Å². The third kappa shape index (κ3) is 3.53. The number of nitrogens with zero attached hydrogens (tertiary/aromatic N) is 1. The van der Waals surface area contributed by atoms with Gasteiger partial charge >= 0.3 is 0 Å². The fourth-order valence-electron chi connectivity index (χ4n) is 4.31. The number of hydrogen-bond acceptors (Lipinski definition) is 5. The van der Waals surface area contributed by atoms with Gasteiger partial charge in [-0.05, 0) is 60.0 Å². The highest BCUT2D eigenvalue weighted by molar-refractivity contribution is 6.42. The van der Waals surface area contributed by atoms with E-state index in [2.05, 4.69) is 15.6 Å². The summed E-state index contributed by atoms with van der Waals surface area (Å²) in [5, 5.41) is 5.60. The predicted molar refractivity (Wildman–Crippen MR) is 118 cm³/mol. The molecule has 0 fully saturated rings. The second-order valence-electron chi connectivity index (χ2n) is 8.20. The number of Topliss-reactive ketones (excluding diaryl/α,β-unsaturated/α-hetero) is 1. The third-order valence-corrected chi connectivity index (χ3v) is 6.12. The minimum Gasteiger partial charge on any atom is -0.491 e. The number of aromatic nitrogens is 1. The minimum absolute atomic E-state index is 0.0746.